The van der Waals surface area contributed by atoms with E-state index < -0.39 is 0 Å². The average molecular weight is 262 g/mol. The lowest BCUT2D eigenvalue weighted by atomic mass is 10.0. The molecule has 0 aliphatic heterocycles. The molecule has 0 radical (unpaired) electrons. The molecule has 1 aromatic carbocycles. The van der Waals surface area contributed by atoms with E-state index in [0.29, 0.717) is 12.1 Å². The van der Waals surface area contributed by atoms with Gasteiger partial charge in [-0.2, -0.15) is 0 Å². The van der Waals surface area contributed by atoms with Crippen LogP contribution in [0.5, 0.6) is 0 Å². The van der Waals surface area contributed by atoms with Crippen molar-refractivity contribution in [1.82, 2.24) is 5.32 Å². The van der Waals surface area contributed by atoms with Crippen LogP contribution in [0.15, 0.2) is 24.3 Å². The summed E-state index contributed by atoms with van der Waals surface area (Å²) in [5.74, 6) is 0.774. The molecule has 1 fully saturated rings. The zero-order chi connectivity index (χ0) is 13.8. The van der Waals surface area contributed by atoms with Gasteiger partial charge in [0, 0.05) is 38.5 Å². The summed E-state index contributed by atoms with van der Waals surface area (Å²) in [6.07, 6.45) is 3.48. The predicted molar refractivity (Wildman–Crippen MR) is 80.5 cm³/mol. The maximum atomic E-state index is 9.15. The van der Waals surface area contributed by atoms with E-state index in [2.05, 4.69) is 55.5 Å². The van der Waals surface area contributed by atoms with Crippen molar-refractivity contribution in [2.75, 3.05) is 25.6 Å². The molecule has 0 saturated heterocycles. The van der Waals surface area contributed by atoms with Gasteiger partial charge < -0.3 is 15.3 Å². The molecule has 2 rings (SSSR count). The van der Waals surface area contributed by atoms with Gasteiger partial charge in [0.2, 0.25) is 0 Å². The molecule has 0 amide bonds. The van der Waals surface area contributed by atoms with Crippen molar-refractivity contribution in [3.63, 3.8) is 0 Å². The summed E-state index contributed by atoms with van der Waals surface area (Å²) in [5.41, 5.74) is 2.54. The van der Waals surface area contributed by atoms with E-state index in [1.807, 2.05) is 0 Å². The van der Waals surface area contributed by atoms with E-state index in [0.717, 1.165) is 12.3 Å². The highest BCUT2D eigenvalue weighted by molar-refractivity contribution is 5.46. The van der Waals surface area contributed by atoms with Crippen LogP contribution in [-0.4, -0.2) is 31.9 Å². The maximum Gasteiger partial charge on any atom is 0.0445 e. The molecule has 3 nitrogen and oxygen atoms in total. The Labute approximate surface area is 116 Å². The highest BCUT2D eigenvalue weighted by Crippen LogP contribution is 2.35. The molecule has 2 atom stereocenters. The summed E-state index contributed by atoms with van der Waals surface area (Å²) in [6.45, 7) is 2.48. The van der Waals surface area contributed by atoms with Crippen LogP contribution < -0.4 is 10.2 Å². The van der Waals surface area contributed by atoms with Crippen molar-refractivity contribution >= 4 is 5.69 Å². The van der Waals surface area contributed by atoms with Gasteiger partial charge in [0.25, 0.3) is 0 Å². The molecule has 0 spiro atoms. The van der Waals surface area contributed by atoms with Gasteiger partial charge in [-0.15, -0.1) is 0 Å². The molecular weight excluding hydrogens is 236 g/mol. The smallest absolute Gasteiger partial charge is 0.0445 e. The number of anilines is 1. The summed E-state index contributed by atoms with van der Waals surface area (Å²) in [4.78, 5) is 2.11. The van der Waals surface area contributed by atoms with E-state index in [1.165, 1.54) is 24.1 Å². The Hall–Kier alpha value is -1.06. The first kappa shape index (κ1) is 14.4. The van der Waals surface area contributed by atoms with Crippen molar-refractivity contribution in [2.45, 2.75) is 38.3 Å². The Balaban J connectivity index is 1.96. The molecule has 1 saturated carbocycles. The van der Waals surface area contributed by atoms with Gasteiger partial charge in [-0.3, -0.25) is 0 Å². The molecule has 3 heteroatoms. The first-order chi connectivity index (χ1) is 9.11. The van der Waals surface area contributed by atoms with E-state index in [4.69, 9.17) is 5.11 Å². The second kappa shape index (κ2) is 6.40. The molecule has 1 aliphatic carbocycles. The molecular formula is C16H26N2O. The number of nitrogens with one attached hydrogen (secondary N) is 1. The van der Waals surface area contributed by atoms with E-state index in [-0.39, 0.29) is 6.61 Å². The molecule has 0 aromatic heterocycles. The third-order valence-corrected chi connectivity index (χ3v) is 4.00. The van der Waals surface area contributed by atoms with Crippen LogP contribution in [0.1, 0.15) is 37.8 Å². The molecule has 1 aromatic rings. The minimum atomic E-state index is 0.278. The zero-order valence-electron chi connectivity index (χ0n) is 12.3. The monoisotopic (exact) mass is 262 g/mol. The van der Waals surface area contributed by atoms with Crippen LogP contribution in [0.4, 0.5) is 5.69 Å². The summed E-state index contributed by atoms with van der Waals surface area (Å²) in [7, 11) is 4.11. The van der Waals surface area contributed by atoms with Crippen molar-refractivity contribution in [3.8, 4) is 0 Å². The Kier molecular flexibility index (Phi) is 4.83. The van der Waals surface area contributed by atoms with Crippen molar-refractivity contribution in [1.29, 1.82) is 0 Å². The molecule has 1 aliphatic rings. The lowest BCUT2D eigenvalue weighted by molar-refractivity contribution is 0.250. The van der Waals surface area contributed by atoms with Crippen LogP contribution in [0, 0.1) is 5.92 Å². The number of benzene rings is 1. The number of hydrogen-bond donors (Lipinski definition) is 2. The van der Waals surface area contributed by atoms with Gasteiger partial charge >= 0.3 is 0 Å². The molecule has 106 valence electrons. The Morgan fingerprint density at radius 1 is 1.26 bits per heavy atom. The van der Waals surface area contributed by atoms with Crippen LogP contribution in [0.3, 0.4) is 0 Å². The van der Waals surface area contributed by atoms with Gasteiger partial charge in [0.05, 0.1) is 0 Å². The topological polar surface area (TPSA) is 35.5 Å². The number of rotatable bonds is 7. The Morgan fingerprint density at radius 3 is 2.37 bits per heavy atom. The standard InChI is InChI=1S/C16H26N2O/c1-12(17-16(10-11-19)14-4-5-14)13-6-8-15(9-7-13)18(2)3/h6-9,12,14,16-17,19H,4-5,10-11H2,1-3H3. The molecule has 0 bridgehead atoms. The van der Waals surface area contributed by atoms with Crippen LogP contribution in [-0.2, 0) is 0 Å². The fourth-order valence-electron chi connectivity index (χ4n) is 2.57. The minimum absolute atomic E-state index is 0.278. The van der Waals surface area contributed by atoms with Gasteiger partial charge in [-0.05, 0) is 49.8 Å². The zero-order valence-corrected chi connectivity index (χ0v) is 12.3. The molecule has 2 N–H and O–H groups in total. The highest BCUT2D eigenvalue weighted by atomic mass is 16.3. The van der Waals surface area contributed by atoms with Gasteiger partial charge in [0.15, 0.2) is 0 Å². The fourth-order valence-corrected chi connectivity index (χ4v) is 2.57. The van der Waals surface area contributed by atoms with Gasteiger partial charge in [-0.25, -0.2) is 0 Å². The van der Waals surface area contributed by atoms with Crippen LogP contribution in [0.2, 0.25) is 0 Å². The maximum absolute atomic E-state index is 9.15. The van der Waals surface area contributed by atoms with Gasteiger partial charge in [-0.1, -0.05) is 12.1 Å². The molecule has 0 heterocycles. The first-order valence-electron chi connectivity index (χ1n) is 7.26. The number of nitrogens with zero attached hydrogens (tertiary/aromatic N) is 1. The largest absolute Gasteiger partial charge is 0.396 e. The number of aliphatic hydroxyl groups is 1. The van der Waals surface area contributed by atoms with Crippen molar-refractivity contribution in [3.05, 3.63) is 29.8 Å². The average Bonchev–Trinajstić information content (AvgIpc) is 3.22. The summed E-state index contributed by atoms with van der Waals surface area (Å²) < 4.78 is 0. The normalized spacial score (nSPS) is 18.1. The highest BCUT2D eigenvalue weighted by Gasteiger charge is 2.31. The van der Waals surface area contributed by atoms with Crippen molar-refractivity contribution in [2.24, 2.45) is 5.92 Å². The number of hydrogen-bond acceptors (Lipinski definition) is 3. The second-order valence-corrected chi connectivity index (χ2v) is 5.83. The minimum Gasteiger partial charge on any atom is -0.396 e. The summed E-state index contributed by atoms with van der Waals surface area (Å²) in [5, 5.41) is 12.8. The fraction of sp³-hybridized carbons (Fsp3) is 0.625. The predicted octanol–water partition coefficient (Wildman–Crippen LogP) is 2.56. The van der Waals surface area contributed by atoms with E-state index in [9.17, 15) is 0 Å². The Morgan fingerprint density at radius 2 is 1.89 bits per heavy atom. The quantitative estimate of drug-likeness (QED) is 0.793. The van der Waals surface area contributed by atoms with Gasteiger partial charge in [0.1, 0.15) is 0 Å². The second-order valence-electron chi connectivity index (χ2n) is 5.83. The third kappa shape index (κ3) is 3.95. The van der Waals surface area contributed by atoms with Crippen LogP contribution >= 0.6 is 0 Å². The SMILES string of the molecule is CC(NC(CCO)C1CC1)c1ccc(N(C)C)cc1. The number of aliphatic hydroxyl groups excluding tert-OH is 1. The molecule has 2 unspecified atom stereocenters. The lowest BCUT2D eigenvalue weighted by Crippen LogP contribution is -2.34. The van der Waals surface area contributed by atoms with Crippen molar-refractivity contribution < 1.29 is 5.11 Å². The third-order valence-electron chi connectivity index (χ3n) is 4.00. The van der Waals surface area contributed by atoms with E-state index >= 15 is 0 Å². The van der Waals surface area contributed by atoms with E-state index in [1.54, 1.807) is 0 Å². The summed E-state index contributed by atoms with van der Waals surface area (Å²) in [6, 6.07) is 9.50. The molecule has 19 heavy (non-hydrogen) atoms. The summed E-state index contributed by atoms with van der Waals surface area (Å²) >= 11 is 0. The first-order valence-corrected chi connectivity index (χ1v) is 7.26. The Bertz CT molecular complexity index is 384. The lowest BCUT2D eigenvalue weighted by Gasteiger charge is -2.23. The van der Waals surface area contributed by atoms with Crippen LogP contribution in [0.25, 0.3) is 0 Å².